The maximum atomic E-state index is 13.1. The van der Waals surface area contributed by atoms with E-state index in [9.17, 15) is 9.32 Å². The van der Waals surface area contributed by atoms with Crippen molar-refractivity contribution < 1.29 is 28.0 Å². The average Bonchev–Trinajstić information content (AvgIpc) is 3.44. The Morgan fingerprint density at radius 2 is 1.81 bits per heavy atom. The lowest BCUT2D eigenvalue weighted by Gasteiger charge is -2.13. The fourth-order valence-corrected chi connectivity index (χ4v) is 4.40. The van der Waals surface area contributed by atoms with Gasteiger partial charge in [-0.3, -0.25) is 9.40 Å². The Labute approximate surface area is 186 Å². The highest BCUT2D eigenvalue weighted by molar-refractivity contribution is 7.86. The second-order valence-corrected chi connectivity index (χ2v) is 7.88. The number of nitrogens with one attached hydrogen (secondary N) is 1. The van der Waals surface area contributed by atoms with Crippen LogP contribution in [-0.4, -0.2) is 45.6 Å². The number of ether oxygens (including phenoxy) is 3. The number of nitrogens with zero attached hydrogens (tertiary/aromatic N) is 3. The van der Waals surface area contributed by atoms with Crippen LogP contribution in [-0.2, 0) is 24.1 Å². The standard InChI is InChI=1S/C21H22N4O6S/c1-28-15-5-4-6-16(29-2)20(15)32(27)24-21-19-17(30-3)9-13(10-18(19)31-23-21)11-25-8-7-14(12-26)22-25/h4-10,26H,11-12H2,1-3H3,(H,23,24). The second-order valence-electron chi connectivity index (χ2n) is 6.73. The van der Waals surface area contributed by atoms with Gasteiger partial charge in [0, 0.05) is 6.20 Å². The van der Waals surface area contributed by atoms with Gasteiger partial charge < -0.3 is 23.8 Å². The van der Waals surface area contributed by atoms with E-state index in [2.05, 4.69) is 15.0 Å². The van der Waals surface area contributed by atoms with Crippen LogP contribution in [0.25, 0.3) is 11.0 Å². The first-order chi connectivity index (χ1) is 15.6. The highest BCUT2D eigenvalue weighted by atomic mass is 32.2. The summed E-state index contributed by atoms with van der Waals surface area (Å²) in [5.74, 6) is 1.59. The van der Waals surface area contributed by atoms with Crippen molar-refractivity contribution in [3.63, 3.8) is 0 Å². The lowest BCUT2D eigenvalue weighted by atomic mass is 10.1. The number of aliphatic hydroxyl groups is 1. The topological polar surface area (TPSA) is 121 Å². The van der Waals surface area contributed by atoms with Gasteiger partial charge in [-0.05, 0) is 35.9 Å². The van der Waals surface area contributed by atoms with Gasteiger partial charge in [-0.25, -0.2) is 4.21 Å². The number of anilines is 1. The minimum atomic E-state index is -1.75. The van der Waals surface area contributed by atoms with E-state index in [0.717, 1.165) is 5.56 Å². The SMILES string of the molecule is COc1cccc(OC)c1S(=O)Nc1noc2cc(Cn3ccc(CO)n3)cc(OC)c12. The summed E-state index contributed by atoms with van der Waals surface area (Å²) >= 11 is 0. The summed E-state index contributed by atoms with van der Waals surface area (Å²) in [5, 5.41) is 18.1. The van der Waals surface area contributed by atoms with Crippen LogP contribution in [0.4, 0.5) is 5.82 Å². The predicted octanol–water partition coefficient (Wildman–Crippen LogP) is 2.73. The maximum Gasteiger partial charge on any atom is 0.193 e. The van der Waals surface area contributed by atoms with Gasteiger partial charge in [0.15, 0.2) is 22.4 Å². The smallest absolute Gasteiger partial charge is 0.193 e. The number of aliphatic hydroxyl groups excluding tert-OH is 1. The van der Waals surface area contributed by atoms with Gasteiger partial charge in [0.05, 0.1) is 40.2 Å². The zero-order valence-corrected chi connectivity index (χ0v) is 18.5. The molecule has 0 spiro atoms. The molecule has 2 heterocycles. The summed E-state index contributed by atoms with van der Waals surface area (Å²) in [6.07, 6.45) is 1.78. The molecule has 0 saturated carbocycles. The summed E-state index contributed by atoms with van der Waals surface area (Å²) in [6, 6.07) is 10.5. The molecule has 0 bridgehead atoms. The maximum absolute atomic E-state index is 13.1. The average molecular weight is 458 g/mol. The largest absolute Gasteiger partial charge is 0.496 e. The lowest BCUT2D eigenvalue weighted by molar-refractivity contribution is 0.275. The van der Waals surface area contributed by atoms with Crippen LogP contribution in [0.1, 0.15) is 11.3 Å². The molecule has 4 aromatic rings. The number of fused-ring (bicyclic) bond motifs is 1. The summed E-state index contributed by atoms with van der Waals surface area (Å²) < 4.78 is 39.4. The van der Waals surface area contributed by atoms with Gasteiger partial charge in [-0.2, -0.15) is 5.10 Å². The van der Waals surface area contributed by atoms with Crippen molar-refractivity contribution in [2.75, 3.05) is 26.1 Å². The third kappa shape index (κ3) is 4.12. The second kappa shape index (κ2) is 9.28. The Bertz CT molecular complexity index is 1250. The molecular formula is C21H22N4O6S. The summed E-state index contributed by atoms with van der Waals surface area (Å²) in [6.45, 7) is 0.320. The van der Waals surface area contributed by atoms with Crippen molar-refractivity contribution in [3.05, 3.63) is 53.9 Å². The number of rotatable bonds is 9. The van der Waals surface area contributed by atoms with Crippen molar-refractivity contribution >= 4 is 27.8 Å². The molecule has 1 atom stereocenters. The van der Waals surface area contributed by atoms with Crippen molar-refractivity contribution in [1.29, 1.82) is 0 Å². The molecular weight excluding hydrogens is 436 g/mol. The normalized spacial score (nSPS) is 12.0. The van der Waals surface area contributed by atoms with E-state index in [4.69, 9.17) is 18.7 Å². The fraction of sp³-hybridized carbons (Fsp3) is 0.238. The van der Waals surface area contributed by atoms with Crippen LogP contribution in [0, 0.1) is 0 Å². The predicted molar refractivity (Wildman–Crippen MR) is 117 cm³/mol. The molecule has 2 aromatic heterocycles. The van der Waals surface area contributed by atoms with E-state index in [-0.39, 0.29) is 12.4 Å². The monoisotopic (exact) mass is 458 g/mol. The molecule has 0 aliphatic heterocycles. The molecule has 0 fully saturated rings. The first-order valence-corrected chi connectivity index (χ1v) is 10.7. The zero-order valence-electron chi connectivity index (χ0n) is 17.7. The number of hydrogen-bond acceptors (Lipinski definition) is 8. The fourth-order valence-electron chi connectivity index (χ4n) is 3.31. The first kappa shape index (κ1) is 21.7. The molecule has 11 heteroatoms. The van der Waals surface area contributed by atoms with Gasteiger partial charge >= 0.3 is 0 Å². The van der Waals surface area contributed by atoms with Crippen molar-refractivity contribution in [2.45, 2.75) is 18.0 Å². The lowest BCUT2D eigenvalue weighted by Crippen LogP contribution is -2.09. The zero-order chi connectivity index (χ0) is 22.7. The van der Waals surface area contributed by atoms with E-state index >= 15 is 0 Å². The van der Waals surface area contributed by atoms with Gasteiger partial charge in [-0.15, -0.1) is 0 Å². The van der Waals surface area contributed by atoms with Gasteiger partial charge in [0.25, 0.3) is 0 Å². The number of aromatic nitrogens is 3. The molecule has 0 radical (unpaired) electrons. The summed E-state index contributed by atoms with van der Waals surface area (Å²) in [5.41, 5.74) is 1.90. The third-order valence-electron chi connectivity index (χ3n) is 4.78. The third-order valence-corrected chi connectivity index (χ3v) is 5.93. The molecule has 1 unspecified atom stereocenters. The quantitative estimate of drug-likeness (QED) is 0.393. The van der Waals surface area contributed by atoms with Gasteiger partial charge in [0.1, 0.15) is 27.5 Å². The van der Waals surface area contributed by atoms with Crippen LogP contribution < -0.4 is 18.9 Å². The number of methoxy groups -OCH3 is 3. The summed E-state index contributed by atoms with van der Waals surface area (Å²) in [7, 11) is 2.77. The van der Waals surface area contributed by atoms with Gasteiger partial charge in [-0.1, -0.05) is 11.2 Å². The van der Waals surface area contributed by atoms with Crippen molar-refractivity contribution in [2.24, 2.45) is 0 Å². The van der Waals surface area contributed by atoms with E-state index < -0.39 is 11.0 Å². The molecule has 0 aliphatic carbocycles. The Morgan fingerprint density at radius 3 is 2.44 bits per heavy atom. The van der Waals surface area contributed by atoms with E-state index in [1.54, 1.807) is 35.1 Å². The van der Waals surface area contributed by atoms with Gasteiger partial charge in [0.2, 0.25) is 0 Å². The molecule has 0 saturated heterocycles. The molecule has 0 amide bonds. The molecule has 10 nitrogen and oxygen atoms in total. The molecule has 32 heavy (non-hydrogen) atoms. The Kier molecular flexibility index (Phi) is 6.28. The van der Waals surface area contributed by atoms with Crippen LogP contribution in [0.5, 0.6) is 17.2 Å². The molecule has 4 rings (SSSR count). The van der Waals surface area contributed by atoms with E-state index in [1.807, 2.05) is 12.1 Å². The van der Waals surface area contributed by atoms with Crippen molar-refractivity contribution in [1.82, 2.24) is 14.9 Å². The van der Waals surface area contributed by atoms with E-state index in [1.165, 1.54) is 21.3 Å². The Morgan fingerprint density at radius 1 is 1.09 bits per heavy atom. The van der Waals surface area contributed by atoms with Crippen LogP contribution in [0.15, 0.2) is 52.0 Å². The highest BCUT2D eigenvalue weighted by Crippen LogP contribution is 2.37. The minimum absolute atomic E-state index is 0.124. The molecule has 2 N–H and O–H groups in total. The van der Waals surface area contributed by atoms with Crippen LogP contribution >= 0.6 is 0 Å². The molecule has 168 valence electrons. The summed E-state index contributed by atoms with van der Waals surface area (Å²) in [4.78, 5) is 0.350. The van der Waals surface area contributed by atoms with Crippen LogP contribution in [0.2, 0.25) is 0 Å². The van der Waals surface area contributed by atoms with E-state index in [0.29, 0.717) is 45.4 Å². The molecule has 2 aromatic carbocycles. The highest BCUT2D eigenvalue weighted by Gasteiger charge is 2.22. The Hall–Kier alpha value is -3.57. The first-order valence-electron chi connectivity index (χ1n) is 9.56. The number of benzene rings is 2. The Balaban J connectivity index is 1.67. The number of hydrogen-bond donors (Lipinski definition) is 2. The van der Waals surface area contributed by atoms with Crippen molar-refractivity contribution in [3.8, 4) is 17.2 Å². The minimum Gasteiger partial charge on any atom is -0.496 e. The van der Waals surface area contributed by atoms with Crippen LogP contribution in [0.3, 0.4) is 0 Å². The molecule has 0 aliphatic rings.